The average Bonchev–Trinajstić information content (AvgIpc) is 2.36. The highest BCUT2D eigenvalue weighted by Gasteiger charge is 2.18. The van der Waals surface area contributed by atoms with E-state index in [0.29, 0.717) is 21.7 Å². The number of rotatable bonds is 3. The topological polar surface area (TPSA) is 103 Å². The molecule has 0 unspecified atom stereocenters. The summed E-state index contributed by atoms with van der Waals surface area (Å²) in [5, 5.41) is 2.64. The van der Waals surface area contributed by atoms with Crippen LogP contribution < -0.4 is 26.1 Å². The van der Waals surface area contributed by atoms with E-state index in [1.165, 1.54) is 0 Å². The number of carbonyl (C=O) groups excluding carboxylic acids is 2. The number of hydrazine groups is 1. The lowest BCUT2D eigenvalue weighted by molar-refractivity contribution is -0.123. The second-order valence-electron chi connectivity index (χ2n) is 3.47. The minimum Gasteiger partial charge on any atom is -0.482 e. The van der Waals surface area contributed by atoms with Gasteiger partial charge in [-0.3, -0.25) is 15.0 Å². The third kappa shape index (κ3) is 2.71. The number of halogens is 1. The number of benzene rings is 1. The maximum atomic E-state index is 11.2. The Bertz CT molecular complexity index is 506. The number of ether oxygens (including phenoxy) is 2. The van der Waals surface area contributed by atoms with E-state index in [1.807, 2.05) is 5.43 Å². The van der Waals surface area contributed by atoms with Crippen molar-refractivity contribution >= 4 is 33.4 Å². The average molecular weight is 316 g/mol. The lowest BCUT2D eigenvalue weighted by Gasteiger charge is -2.19. The van der Waals surface area contributed by atoms with Gasteiger partial charge in [0.15, 0.2) is 13.2 Å². The van der Waals surface area contributed by atoms with Crippen molar-refractivity contribution in [2.45, 2.75) is 0 Å². The molecule has 0 bridgehead atoms. The van der Waals surface area contributed by atoms with Crippen molar-refractivity contribution in [2.24, 2.45) is 5.84 Å². The molecule has 0 saturated carbocycles. The van der Waals surface area contributed by atoms with E-state index < -0.39 is 5.91 Å². The van der Waals surface area contributed by atoms with Crippen LogP contribution in [0, 0.1) is 0 Å². The Hall–Kier alpha value is -1.80. The largest absolute Gasteiger partial charge is 0.482 e. The fourth-order valence-corrected chi connectivity index (χ4v) is 1.81. The van der Waals surface area contributed by atoms with Crippen LogP contribution in [0.15, 0.2) is 16.6 Å². The van der Waals surface area contributed by atoms with Gasteiger partial charge in [0.05, 0.1) is 10.2 Å². The standard InChI is InChI=1S/C10H10BrN3O4/c11-5-1-8-6(13-9(15)3-18-8)2-7(5)17-4-10(16)14-12/h1-2H,3-4,12H2,(H,13,15)(H,14,16). The Morgan fingerprint density at radius 1 is 1.61 bits per heavy atom. The molecule has 2 amide bonds. The van der Waals surface area contributed by atoms with E-state index in [1.54, 1.807) is 12.1 Å². The molecule has 1 aromatic rings. The zero-order valence-corrected chi connectivity index (χ0v) is 10.7. The molecule has 1 aromatic carbocycles. The van der Waals surface area contributed by atoms with E-state index >= 15 is 0 Å². The highest BCUT2D eigenvalue weighted by molar-refractivity contribution is 9.10. The second-order valence-corrected chi connectivity index (χ2v) is 4.33. The first-order valence-corrected chi connectivity index (χ1v) is 5.78. The van der Waals surface area contributed by atoms with Crippen LogP contribution in [0.5, 0.6) is 11.5 Å². The summed E-state index contributed by atoms with van der Waals surface area (Å²) in [7, 11) is 0. The first kappa shape index (κ1) is 12.7. The summed E-state index contributed by atoms with van der Waals surface area (Å²) in [4.78, 5) is 22.1. The van der Waals surface area contributed by atoms with Crippen LogP contribution in [0.4, 0.5) is 5.69 Å². The van der Waals surface area contributed by atoms with Crippen LogP contribution in [0.1, 0.15) is 0 Å². The summed E-state index contributed by atoms with van der Waals surface area (Å²) in [6.45, 7) is -0.238. The zero-order valence-electron chi connectivity index (χ0n) is 9.16. The third-order valence-corrected chi connectivity index (χ3v) is 2.81. The quantitative estimate of drug-likeness (QED) is 0.418. The number of hydrogen-bond acceptors (Lipinski definition) is 5. The van der Waals surface area contributed by atoms with Crippen LogP contribution in [-0.2, 0) is 9.59 Å². The molecule has 96 valence electrons. The van der Waals surface area contributed by atoms with Crippen LogP contribution in [0.25, 0.3) is 0 Å². The highest BCUT2D eigenvalue weighted by Crippen LogP contribution is 2.37. The van der Waals surface area contributed by atoms with Gasteiger partial charge in [-0.05, 0) is 15.9 Å². The molecule has 1 aliphatic heterocycles. The molecule has 0 atom stereocenters. The smallest absolute Gasteiger partial charge is 0.271 e. The Labute approximate surface area is 111 Å². The Balaban J connectivity index is 2.18. The molecule has 0 saturated heterocycles. The van der Waals surface area contributed by atoms with Gasteiger partial charge in [0.25, 0.3) is 11.8 Å². The molecular formula is C10H10BrN3O4. The number of hydrogen-bond donors (Lipinski definition) is 3. The van der Waals surface area contributed by atoms with Crippen molar-refractivity contribution in [3.63, 3.8) is 0 Å². The fraction of sp³-hybridized carbons (Fsp3) is 0.200. The van der Waals surface area contributed by atoms with E-state index in [2.05, 4.69) is 21.2 Å². The molecule has 0 fully saturated rings. The number of nitrogens with one attached hydrogen (secondary N) is 2. The lowest BCUT2D eigenvalue weighted by atomic mass is 10.2. The van der Waals surface area contributed by atoms with Crippen LogP contribution >= 0.6 is 15.9 Å². The van der Waals surface area contributed by atoms with E-state index in [-0.39, 0.29) is 19.1 Å². The highest BCUT2D eigenvalue weighted by atomic mass is 79.9. The van der Waals surface area contributed by atoms with Gasteiger partial charge in [0.2, 0.25) is 0 Å². The van der Waals surface area contributed by atoms with Gasteiger partial charge in [-0.2, -0.15) is 0 Å². The van der Waals surface area contributed by atoms with Gasteiger partial charge in [0.1, 0.15) is 11.5 Å². The van der Waals surface area contributed by atoms with Crippen LogP contribution in [-0.4, -0.2) is 25.0 Å². The van der Waals surface area contributed by atoms with Gasteiger partial charge >= 0.3 is 0 Å². The minimum atomic E-state index is -0.458. The monoisotopic (exact) mass is 315 g/mol. The summed E-state index contributed by atoms with van der Waals surface area (Å²) in [5.41, 5.74) is 2.45. The second kappa shape index (κ2) is 5.23. The summed E-state index contributed by atoms with van der Waals surface area (Å²) in [5.74, 6) is 5.18. The van der Waals surface area contributed by atoms with Crippen LogP contribution in [0.3, 0.4) is 0 Å². The molecule has 4 N–H and O–H groups in total. The van der Waals surface area contributed by atoms with Gasteiger partial charge in [-0.25, -0.2) is 5.84 Å². The minimum absolute atomic E-state index is 0.0186. The number of nitrogens with two attached hydrogens (primary N) is 1. The van der Waals surface area contributed by atoms with Crippen molar-refractivity contribution in [1.82, 2.24) is 5.43 Å². The molecule has 7 nitrogen and oxygen atoms in total. The summed E-state index contributed by atoms with van der Waals surface area (Å²) < 4.78 is 11.1. The predicted molar refractivity (Wildman–Crippen MR) is 66.1 cm³/mol. The molecule has 2 rings (SSSR count). The molecule has 0 aromatic heterocycles. The number of carbonyl (C=O) groups is 2. The van der Waals surface area contributed by atoms with Gasteiger partial charge in [-0.15, -0.1) is 0 Å². The summed E-state index contributed by atoms with van der Waals surface area (Å²) >= 11 is 3.28. The van der Waals surface area contributed by atoms with E-state index in [0.717, 1.165) is 0 Å². The molecule has 18 heavy (non-hydrogen) atoms. The normalized spacial score (nSPS) is 13.1. The van der Waals surface area contributed by atoms with Crippen molar-refractivity contribution in [3.05, 3.63) is 16.6 Å². The maximum absolute atomic E-state index is 11.2. The third-order valence-electron chi connectivity index (χ3n) is 2.19. The predicted octanol–water partition coefficient (Wildman–Crippen LogP) is 0.149. The van der Waals surface area contributed by atoms with E-state index in [9.17, 15) is 9.59 Å². The fourth-order valence-electron chi connectivity index (χ4n) is 1.38. The van der Waals surface area contributed by atoms with Crippen molar-refractivity contribution < 1.29 is 19.1 Å². The Kier molecular flexibility index (Phi) is 3.68. The van der Waals surface area contributed by atoms with Crippen molar-refractivity contribution in [1.29, 1.82) is 0 Å². The van der Waals surface area contributed by atoms with Crippen molar-refractivity contribution in [3.8, 4) is 11.5 Å². The number of anilines is 1. The maximum Gasteiger partial charge on any atom is 0.271 e. The molecule has 0 aliphatic carbocycles. The van der Waals surface area contributed by atoms with Gasteiger partial charge < -0.3 is 14.8 Å². The van der Waals surface area contributed by atoms with Gasteiger partial charge in [-0.1, -0.05) is 0 Å². The van der Waals surface area contributed by atoms with Crippen LogP contribution in [0.2, 0.25) is 0 Å². The first-order valence-electron chi connectivity index (χ1n) is 4.98. The Morgan fingerprint density at radius 3 is 3.11 bits per heavy atom. The SMILES string of the molecule is NNC(=O)COc1cc2c(cc1Br)OCC(=O)N2. The molecule has 0 spiro atoms. The molecule has 1 heterocycles. The Morgan fingerprint density at radius 2 is 2.39 bits per heavy atom. The molecular weight excluding hydrogens is 306 g/mol. The van der Waals surface area contributed by atoms with Gasteiger partial charge in [0, 0.05) is 12.1 Å². The number of fused-ring (bicyclic) bond motifs is 1. The molecule has 0 radical (unpaired) electrons. The summed E-state index contributed by atoms with van der Waals surface area (Å²) in [6, 6.07) is 3.23. The lowest BCUT2D eigenvalue weighted by Crippen LogP contribution is -2.34. The molecule has 8 heteroatoms. The van der Waals surface area contributed by atoms with E-state index in [4.69, 9.17) is 15.3 Å². The first-order chi connectivity index (χ1) is 8.60. The number of amides is 2. The van der Waals surface area contributed by atoms with Crippen molar-refractivity contribution in [2.75, 3.05) is 18.5 Å². The summed E-state index contributed by atoms with van der Waals surface area (Å²) in [6.07, 6.45) is 0. The molecule has 1 aliphatic rings. The zero-order chi connectivity index (χ0) is 13.1.